The van der Waals surface area contributed by atoms with E-state index in [1.165, 1.54) is 18.3 Å². The Morgan fingerprint density at radius 1 is 1.37 bits per heavy atom. The van der Waals surface area contributed by atoms with Crippen LogP contribution in [0.25, 0.3) is 0 Å². The van der Waals surface area contributed by atoms with Gasteiger partial charge in [0, 0.05) is 43.7 Å². The summed E-state index contributed by atoms with van der Waals surface area (Å²) in [6, 6.07) is 5.06. The number of hydrogen-bond donors (Lipinski definition) is 0. The summed E-state index contributed by atoms with van der Waals surface area (Å²) in [7, 11) is -1.49. The maximum Gasteiger partial charge on any atom is 0.195 e. The third kappa shape index (κ3) is 3.30. The van der Waals surface area contributed by atoms with Gasteiger partial charge in [-0.15, -0.1) is 0 Å². The molecule has 0 aromatic carbocycles. The standard InChI is InChI=1S/C19H19N5O2S/c1-24(19-16-3-6-21-17(16)4-7-23-19)15-8-14(9-15)12-27(25,26)18-10-13(11-20)2-5-22-18/h2-3,5-7,10,14-15H,4,8-9,12H2,1H3. The van der Waals surface area contributed by atoms with Crippen LogP contribution >= 0.6 is 0 Å². The Morgan fingerprint density at radius 3 is 2.96 bits per heavy atom. The van der Waals surface area contributed by atoms with E-state index in [-0.39, 0.29) is 22.7 Å². The van der Waals surface area contributed by atoms with Crippen LogP contribution in [0.1, 0.15) is 24.8 Å². The van der Waals surface area contributed by atoms with E-state index in [2.05, 4.69) is 19.9 Å². The number of aliphatic imine (C=N–C) groups is 2. The fourth-order valence-corrected chi connectivity index (χ4v) is 5.26. The molecule has 7 nitrogen and oxygen atoms in total. The number of fused-ring (bicyclic) bond motifs is 1. The molecule has 8 heteroatoms. The number of aromatic nitrogens is 1. The molecule has 1 saturated carbocycles. The molecule has 2 aliphatic heterocycles. The Morgan fingerprint density at radius 2 is 2.19 bits per heavy atom. The van der Waals surface area contributed by atoms with Gasteiger partial charge in [0.15, 0.2) is 14.9 Å². The van der Waals surface area contributed by atoms with Gasteiger partial charge in [-0.1, -0.05) is 0 Å². The SMILES string of the molecule is CN(C1=C2C=CN=C2CC=N1)C1CC(CS(=O)(=O)c2cc(C#N)ccn2)C1. The summed E-state index contributed by atoms with van der Waals surface area (Å²) in [6.07, 6.45) is 9.34. The Kier molecular flexibility index (Phi) is 4.40. The molecule has 0 unspecified atom stereocenters. The first-order chi connectivity index (χ1) is 13.0. The summed E-state index contributed by atoms with van der Waals surface area (Å²) in [5.41, 5.74) is 2.41. The van der Waals surface area contributed by atoms with Crippen molar-refractivity contribution >= 4 is 21.8 Å². The van der Waals surface area contributed by atoms with Crippen molar-refractivity contribution in [2.75, 3.05) is 12.8 Å². The summed E-state index contributed by atoms with van der Waals surface area (Å²) in [6.45, 7) is 0. The number of pyridine rings is 1. The van der Waals surface area contributed by atoms with Crippen LogP contribution < -0.4 is 0 Å². The Bertz CT molecular complexity index is 1040. The van der Waals surface area contributed by atoms with Gasteiger partial charge in [0.2, 0.25) is 0 Å². The first-order valence-electron chi connectivity index (χ1n) is 8.80. The second-order valence-electron chi connectivity index (χ2n) is 7.02. The van der Waals surface area contributed by atoms with E-state index in [1.54, 1.807) is 6.20 Å². The van der Waals surface area contributed by atoms with Crippen molar-refractivity contribution in [3.8, 4) is 6.07 Å². The van der Waals surface area contributed by atoms with Crippen LogP contribution in [0.5, 0.6) is 0 Å². The third-order valence-electron chi connectivity index (χ3n) is 5.25. The lowest BCUT2D eigenvalue weighted by Crippen LogP contribution is -2.44. The average Bonchev–Trinajstić information content (AvgIpc) is 3.12. The van der Waals surface area contributed by atoms with Crippen LogP contribution in [0.15, 0.2) is 57.0 Å². The highest BCUT2D eigenvalue weighted by Crippen LogP contribution is 2.36. The van der Waals surface area contributed by atoms with E-state index in [0.29, 0.717) is 5.56 Å². The average molecular weight is 381 g/mol. The van der Waals surface area contributed by atoms with Crippen LogP contribution in [-0.4, -0.2) is 49.1 Å². The highest BCUT2D eigenvalue weighted by atomic mass is 32.2. The topological polar surface area (TPSA) is 98.8 Å². The number of nitriles is 1. The quantitative estimate of drug-likeness (QED) is 0.778. The van der Waals surface area contributed by atoms with Crippen LogP contribution in [0, 0.1) is 17.2 Å². The van der Waals surface area contributed by atoms with E-state index >= 15 is 0 Å². The normalized spacial score (nSPS) is 23.5. The molecule has 138 valence electrons. The van der Waals surface area contributed by atoms with Gasteiger partial charge in [-0.05, 0) is 37.0 Å². The molecule has 4 rings (SSSR count). The van der Waals surface area contributed by atoms with Crippen LogP contribution in [-0.2, 0) is 9.84 Å². The molecule has 1 fully saturated rings. The Balaban J connectivity index is 1.41. The summed E-state index contributed by atoms with van der Waals surface area (Å²) in [5, 5.41) is 8.93. The zero-order valence-corrected chi connectivity index (χ0v) is 15.7. The van der Waals surface area contributed by atoms with E-state index in [9.17, 15) is 8.42 Å². The monoisotopic (exact) mass is 381 g/mol. The summed E-state index contributed by atoms with van der Waals surface area (Å²) >= 11 is 0. The molecule has 3 heterocycles. The fourth-order valence-electron chi connectivity index (χ4n) is 3.67. The minimum atomic E-state index is -3.49. The van der Waals surface area contributed by atoms with Crippen molar-refractivity contribution in [2.24, 2.45) is 15.9 Å². The molecule has 0 amide bonds. The highest BCUT2D eigenvalue weighted by molar-refractivity contribution is 7.91. The second kappa shape index (κ2) is 6.74. The van der Waals surface area contributed by atoms with Crippen molar-refractivity contribution in [1.29, 1.82) is 5.26 Å². The molecule has 0 atom stereocenters. The second-order valence-corrected chi connectivity index (χ2v) is 9.00. The molecule has 0 bridgehead atoms. The number of nitrogens with zero attached hydrogens (tertiary/aromatic N) is 5. The molecule has 3 aliphatic rings. The maximum atomic E-state index is 12.6. The molecule has 1 aromatic heterocycles. The number of sulfone groups is 1. The van der Waals surface area contributed by atoms with Crippen LogP contribution in [0.2, 0.25) is 0 Å². The first kappa shape index (κ1) is 17.6. The maximum absolute atomic E-state index is 12.6. The molecule has 1 aromatic rings. The van der Waals surface area contributed by atoms with Crippen LogP contribution in [0.4, 0.5) is 0 Å². The molecule has 1 aliphatic carbocycles. The van der Waals surface area contributed by atoms with Gasteiger partial charge in [0.25, 0.3) is 0 Å². The largest absolute Gasteiger partial charge is 0.356 e. The molecular formula is C19H19N5O2S. The van der Waals surface area contributed by atoms with Crippen LogP contribution in [0.3, 0.4) is 0 Å². The van der Waals surface area contributed by atoms with E-state index < -0.39 is 9.84 Å². The van der Waals surface area contributed by atoms with Gasteiger partial charge >= 0.3 is 0 Å². The van der Waals surface area contributed by atoms with Crippen molar-refractivity contribution in [2.45, 2.75) is 30.3 Å². The predicted molar refractivity (Wildman–Crippen MR) is 102 cm³/mol. The number of rotatable bonds is 5. The van der Waals surface area contributed by atoms with Gasteiger partial charge in [-0.2, -0.15) is 5.26 Å². The molecule has 0 N–H and O–H groups in total. The molecule has 0 radical (unpaired) electrons. The van der Waals surface area contributed by atoms with Gasteiger partial charge in [0.1, 0.15) is 5.82 Å². The van der Waals surface area contributed by atoms with E-state index in [1.807, 2.05) is 25.4 Å². The van der Waals surface area contributed by atoms with Crippen molar-refractivity contribution in [3.63, 3.8) is 0 Å². The lowest BCUT2D eigenvalue weighted by atomic mass is 9.80. The molecule has 0 saturated heterocycles. The summed E-state index contributed by atoms with van der Waals surface area (Å²) in [5.74, 6) is 1.05. The van der Waals surface area contributed by atoms with Gasteiger partial charge in [-0.25, -0.2) is 18.4 Å². The highest BCUT2D eigenvalue weighted by Gasteiger charge is 2.37. The third-order valence-corrected chi connectivity index (χ3v) is 7.02. The minimum absolute atomic E-state index is 0.0166. The lowest BCUT2D eigenvalue weighted by Gasteiger charge is -2.42. The number of allylic oxidation sites excluding steroid dienone is 2. The molecular weight excluding hydrogens is 362 g/mol. The van der Waals surface area contributed by atoms with Crippen molar-refractivity contribution in [3.05, 3.63) is 47.6 Å². The molecule has 0 spiro atoms. The van der Waals surface area contributed by atoms with E-state index in [4.69, 9.17) is 5.26 Å². The Labute approximate surface area is 158 Å². The summed E-state index contributed by atoms with van der Waals surface area (Å²) in [4.78, 5) is 15.0. The predicted octanol–water partition coefficient (Wildman–Crippen LogP) is 2.09. The zero-order valence-electron chi connectivity index (χ0n) is 14.9. The lowest BCUT2D eigenvalue weighted by molar-refractivity contribution is 0.141. The first-order valence-corrected chi connectivity index (χ1v) is 10.5. The van der Waals surface area contributed by atoms with Crippen molar-refractivity contribution in [1.82, 2.24) is 9.88 Å². The fraction of sp³-hybridized carbons (Fsp3) is 0.368. The van der Waals surface area contributed by atoms with Crippen molar-refractivity contribution < 1.29 is 8.42 Å². The molecule has 27 heavy (non-hydrogen) atoms. The van der Waals surface area contributed by atoms with Gasteiger partial charge in [0.05, 0.1) is 23.1 Å². The van der Waals surface area contributed by atoms with E-state index in [0.717, 1.165) is 36.4 Å². The number of hydrogen-bond acceptors (Lipinski definition) is 7. The summed E-state index contributed by atoms with van der Waals surface area (Å²) < 4.78 is 25.2. The van der Waals surface area contributed by atoms with Gasteiger partial charge < -0.3 is 4.90 Å². The van der Waals surface area contributed by atoms with Gasteiger partial charge in [-0.3, -0.25) is 4.99 Å². The minimum Gasteiger partial charge on any atom is -0.356 e. The Hall–Kier alpha value is -2.79. The smallest absolute Gasteiger partial charge is 0.195 e. The zero-order chi connectivity index (χ0) is 19.0.